The van der Waals surface area contributed by atoms with E-state index in [1.807, 2.05) is 61.2 Å². The first-order valence-electron chi connectivity index (χ1n) is 10.4. The third-order valence-corrected chi connectivity index (χ3v) is 6.06. The van der Waals surface area contributed by atoms with Crippen molar-refractivity contribution >= 4 is 5.91 Å². The Morgan fingerprint density at radius 3 is 2.43 bits per heavy atom. The Hall–Kier alpha value is -2.99. The molecular weight excluding hydrogens is 378 g/mol. The highest BCUT2D eigenvalue weighted by Gasteiger charge is 2.48. The average Bonchev–Trinajstić information content (AvgIpc) is 3.35. The predicted octanol–water partition coefficient (Wildman–Crippen LogP) is 4.22. The van der Waals surface area contributed by atoms with Gasteiger partial charge in [0.05, 0.1) is 17.2 Å². The highest BCUT2D eigenvalue weighted by atomic mass is 16.5. The standard InChI is InChI=1S/C24H25N3O3/c1-14-25-22(30-26-14)17-11-7-15(8-12-17)19-6-4-5-18-13-27(23(28)20(18)19)21(16-9-10-16)24(2,3)29/h4-8,11-12,16,21,29H,9-10,13H2,1-3H3/t21-/m1/s1. The normalized spacial score (nSPS) is 17.3. The van der Waals surface area contributed by atoms with Crippen molar-refractivity contribution in [1.29, 1.82) is 0 Å². The minimum Gasteiger partial charge on any atom is -0.388 e. The largest absolute Gasteiger partial charge is 0.388 e. The fraction of sp³-hybridized carbons (Fsp3) is 0.375. The Bertz CT molecular complexity index is 1110. The quantitative estimate of drug-likeness (QED) is 0.690. The topological polar surface area (TPSA) is 79.5 Å². The predicted molar refractivity (Wildman–Crippen MR) is 113 cm³/mol. The average molecular weight is 403 g/mol. The SMILES string of the molecule is Cc1noc(-c2ccc(-c3cccc4c3C(=O)N([C@H](C3CC3)C(C)(C)O)C4)cc2)n1. The smallest absolute Gasteiger partial charge is 0.257 e. The summed E-state index contributed by atoms with van der Waals surface area (Å²) in [5.74, 6) is 1.47. The second-order valence-electron chi connectivity index (χ2n) is 8.93. The molecule has 1 N–H and O–H groups in total. The lowest BCUT2D eigenvalue weighted by Crippen LogP contribution is -2.51. The Balaban J connectivity index is 1.49. The number of hydrogen-bond donors (Lipinski definition) is 1. The number of aryl methyl sites for hydroxylation is 1. The number of rotatable bonds is 5. The molecule has 1 aliphatic carbocycles. The van der Waals surface area contributed by atoms with Crippen molar-refractivity contribution in [2.45, 2.75) is 51.8 Å². The van der Waals surface area contributed by atoms with Crippen molar-refractivity contribution < 1.29 is 14.4 Å². The summed E-state index contributed by atoms with van der Waals surface area (Å²) in [6, 6.07) is 13.7. The summed E-state index contributed by atoms with van der Waals surface area (Å²) < 4.78 is 5.24. The second-order valence-corrected chi connectivity index (χ2v) is 8.93. The Morgan fingerprint density at radius 1 is 1.13 bits per heavy atom. The lowest BCUT2D eigenvalue weighted by atomic mass is 9.92. The Morgan fingerprint density at radius 2 is 1.83 bits per heavy atom. The molecule has 5 rings (SSSR count). The fourth-order valence-corrected chi connectivity index (χ4v) is 4.68. The highest BCUT2D eigenvalue weighted by Crippen LogP contribution is 2.44. The molecule has 2 heterocycles. The third kappa shape index (κ3) is 3.21. The van der Waals surface area contributed by atoms with E-state index in [2.05, 4.69) is 10.1 Å². The minimum atomic E-state index is -0.928. The van der Waals surface area contributed by atoms with E-state index in [-0.39, 0.29) is 11.9 Å². The zero-order valence-corrected chi connectivity index (χ0v) is 17.4. The van der Waals surface area contributed by atoms with Crippen molar-refractivity contribution in [3.8, 4) is 22.6 Å². The summed E-state index contributed by atoms with van der Waals surface area (Å²) in [6.45, 7) is 5.96. The van der Waals surface area contributed by atoms with E-state index in [1.54, 1.807) is 6.92 Å². The van der Waals surface area contributed by atoms with Crippen LogP contribution >= 0.6 is 0 Å². The first-order chi connectivity index (χ1) is 14.3. The van der Waals surface area contributed by atoms with Crippen molar-refractivity contribution in [3.05, 3.63) is 59.4 Å². The molecule has 0 unspecified atom stereocenters. The van der Waals surface area contributed by atoms with Gasteiger partial charge in [0.25, 0.3) is 11.8 Å². The van der Waals surface area contributed by atoms with Gasteiger partial charge in [-0.2, -0.15) is 4.98 Å². The number of hydrogen-bond acceptors (Lipinski definition) is 5. The van der Waals surface area contributed by atoms with E-state index in [1.165, 1.54) is 0 Å². The van der Waals surface area contributed by atoms with Crippen LogP contribution in [0, 0.1) is 12.8 Å². The number of benzene rings is 2. The van der Waals surface area contributed by atoms with Crippen LogP contribution in [0.25, 0.3) is 22.6 Å². The molecular formula is C24H25N3O3. The third-order valence-electron chi connectivity index (χ3n) is 6.06. The first-order valence-corrected chi connectivity index (χ1v) is 10.4. The molecule has 2 aliphatic rings. The number of fused-ring (bicyclic) bond motifs is 1. The number of nitrogens with zero attached hydrogens (tertiary/aromatic N) is 3. The van der Waals surface area contributed by atoms with Crippen LogP contribution in [0.2, 0.25) is 0 Å². The molecule has 1 aromatic heterocycles. The van der Waals surface area contributed by atoms with Gasteiger partial charge in [-0.05, 0) is 68.4 Å². The number of carbonyl (C=O) groups is 1. The summed E-state index contributed by atoms with van der Waals surface area (Å²) in [4.78, 5) is 19.6. The van der Waals surface area contributed by atoms with E-state index >= 15 is 0 Å². The van der Waals surface area contributed by atoms with Crippen LogP contribution in [-0.4, -0.2) is 37.7 Å². The van der Waals surface area contributed by atoms with E-state index in [0.717, 1.165) is 40.7 Å². The van der Waals surface area contributed by atoms with Gasteiger partial charge in [-0.15, -0.1) is 0 Å². The molecule has 0 spiro atoms. The zero-order chi connectivity index (χ0) is 21.0. The number of amides is 1. The second kappa shape index (κ2) is 6.77. The maximum absolute atomic E-state index is 13.5. The van der Waals surface area contributed by atoms with Crippen molar-refractivity contribution in [3.63, 3.8) is 0 Å². The molecule has 1 atom stereocenters. The molecule has 1 aliphatic heterocycles. The Labute approximate surface area is 175 Å². The number of carbonyl (C=O) groups excluding carboxylic acids is 1. The molecule has 6 heteroatoms. The Kier molecular flexibility index (Phi) is 4.29. The summed E-state index contributed by atoms with van der Waals surface area (Å²) in [5.41, 5.74) is 3.56. The van der Waals surface area contributed by atoms with E-state index in [9.17, 15) is 9.90 Å². The molecule has 3 aromatic rings. The van der Waals surface area contributed by atoms with Gasteiger partial charge in [-0.1, -0.05) is 35.5 Å². The summed E-state index contributed by atoms with van der Waals surface area (Å²) >= 11 is 0. The van der Waals surface area contributed by atoms with Gasteiger partial charge in [0.15, 0.2) is 5.82 Å². The van der Waals surface area contributed by atoms with E-state index in [4.69, 9.17) is 4.52 Å². The van der Waals surface area contributed by atoms with Gasteiger partial charge in [0.1, 0.15) is 0 Å². The van der Waals surface area contributed by atoms with Gasteiger partial charge in [-0.25, -0.2) is 0 Å². The molecule has 154 valence electrons. The molecule has 2 aromatic carbocycles. The molecule has 1 fully saturated rings. The summed E-state index contributed by atoms with van der Waals surface area (Å²) in [6.07, 6.45) is 2.14. The number of aromatic nitrogens is 2. The van der Waals surface area contributed by atoms with Crippen LogP contribution in [0.5, 0.6) is 0 Å². The van der Waals surface area contributed by atoms with Crippen LogP contribution in [0.3, 0.4) is 0 Å². The molecule has 0 bridgehead atoms. The lowest BCUT2D eigenvalue weighted by Gasteiger charge is -2.37. The van der Waals surface area contributed by atoms with Crippen molar-refractivity contribution in [2.24, 2.45) is 5.92 Å². The highest BCUT2D eigenvalue weighted by molar-refractivity contribution is 6.04. The van der Waals surface area contributed by atoms with E-state index < -0.39 is 5.60 Å². The maximum Gasteiger partial charge on any atom is 0.257 e. The van der Waals surface area contributed by atoms with Crippen LogP contribution in [-0.2, 0) is 6.54 Å². The zero-order valence-electron chi connectivity index (χ0n) is 17.4. The van der Waals surface area contributed by atoms with Crippen LogP contribution in [0.15, 0.2) is 47.0 Å². The van der Waals surface area contributed by atoms with Crippen LogP contribution in [0.4, 0.5) is 0 Å². The fourth-order valence-electron chi connectivity index (χ4n) is 4.68. The molecule has 30 heavy (non-hydrogen) atoms. The molecule has 1 saturated carbocycles. The van der Waals surface area contributed by atoms with Gasteiger partial charge in [0.2, 0.25) is 0 Å². The minimum absolute atomic E-state index is 0.0104. The van der Waals surface area contributed by atoms with Gasteiger partial charge < -0.3 is 14.5 Å². The molecule has 0 saturated heterocycles. The monoisotopic (exact) mass is 403 g/mol. The van der Waals surface area contributed by atoms with Crippen molar-refractivity contribution in [1.82, 2.24) is 15.0 Å². The van der Waals surface area contributed by atoms with Crippen LogP contribution in [0.1, 0.15) is 48.4 Å². The molecule has 1 amide bonds. The molecule has 0 radical (unpaired) electrons. The van der Waals surface area contributed by atoms with Gasteiger partial charge in [-0.3, -0.25) is 4.79 Å². The van der Waals surface area contributed by atoms with Crippen LogP contribution < -0.4 is 0 Å². The maximum atomic E-state index is 13.5. The van der Waals surface area contributed by atoms with E-state index in [0.29, 0.717) is 24.2 Å². The first kappa shape index (κ1) is 19.0. The summed E-state index contributed by atoms with van der Waals surface area (Å²) in [5, 5.41) is 14.6. The summed E-state index contributed by atoms with van der Waals surface area (Å²) in [7, 11) is 0. The van der Waals surface area contributed by atoms with Gasteiger partial charge in [0, 0.05) is 12.1 Å². The van der Waals surface area contributed by atoms with Crippen molar-refractivity contribution in [2.75, 3.05) is 0 Å². The molecule has 6 nitrogen and oxygen atoms in total. The lowest BCUT2D eigenvalue weighted by molar-refractivity contribution is -0.0224. The number of aliphatic hydroxyl groups is 1. The van der Waals surface area contributed by atoms with Gasteiger partial charge >= 0.3 is 0 Å².